The van der Waals surface area contributed by atoms with Gasteiger partial charge in [-0.1, -0.05) is 0 Å². The van der Waals surface area contributed by atoms with E-state index < -0.39 is 0 Å². The highest BCUT2D eigenvalue weighted by Gasteiger charge is 2.28. The Morgan fingerprint density at radius 3 is 2.93 bits per heavy atom. The van der Waals surface area contributed by atoms with Crippen LogP contribution in [0.2, 0.25) is 0 Å². The first kappa shape index (κ1) is 19.0. The summed E-state index contributed by atoms with van der Waals surface area (Å²) in [4.78, 5) is 10.7. The molecule has 0 saturated heterocycles. The molecule has 0 unspecified atom stereocenters. The molecule has 0 aromatic carbocycles. The van der Waals surface area contributed by atoms with Gasteiger partial charge in [-0.25, -0.2) is 9.97 Å². The van der Waals surface area contributed by atoms with Crippen molar-refractivity contribution in [2.45, 2.75) is 26.3 Å². The smallest absolute Gasteiger partial charge is 0.228 e. The average molecular weight is 422 g/mol. The van der Waals surface area contributed by atoms with Crippen LogP contribution in [-0.2, 0) is 31.2 Å². The maximum Gasteiger partial charge on any atom is 0.228 e. The van der Waals surface area contributed by atoms with Gasteiger partial charge in [0.25, 0.3) is 0 Å². The second kappa shape index (κ2) is 7.66. The lowest BCUT2D eigenvalue weighted by atomic mass is 9.92. The Morgan fingerprint density at radius 2 is 2.13 bits per heavy atom. The van der Waals surface area contributed by atoms with Crippen molar-refractivity contribution in [3.8, 4) is 21.8 Å². The second-order valence-corrected chi connectivity index (χ2v) is 8.29. The molecule has 0 amide bonds. The summed E-state index contributed by atoms with van der Waals surface area (Å²) in [6, 6.07) is 4.06. The van der Waals surface area contributed by atoms with Gasteiger partial charge < -0.3 is 10.1 Å². The van der Waals surface area contributed by atoms with Crippen LogP contribution in [0.15, 0.2) is 29.9 Å². The lowest BCUT2D eigenvalue weighted by molar-refractivity contribution is 0.183. The molecule has 8 nitrogen and oxygen atoms in total. The molecule has 0 aliphatic heterocycles. The molecule has 4 aromatic heterocycles. The average Bonchev–Trinajstić information content (AvgIpc) is 3.44. The fourth-order valence-corrected chi connectivity index (χ4v) is 4.86. The number of ether oxygens (including phenoxy) is 1. The largest absolute Gasteiger partial charge is 0.383 e. The number of hydrogen-bond acceptors (Lipinski definition) is 7. The molecule has 0 spiro atoms. The summed E-state index contributed by atoms with van der Waals surface area (Å²) < 4.78 is 8.93. The van der Waals surface area contributed by atoms with Crippen LogP contribution in [0.25, 0.3) is 21.8 Å². The van der Waals surface area contributed by atoms with Crippen molar-refractivity contribution in [3.05, 3.63) is 46.7 Å². The van der Waals surface area contributed by atoms with Gasteiger partial charge in [0.05, 0.1) is 40.7 Å². The Morgan fingerprint density at radius 1 is 1.23 bits per heavy atom. The molecule has 0 bridgehead atoms. The van der Waals surface area contributed by atoms with E-state index in [1.807, 2.05) is 34.9 Å². The van der Waals surface area contributed by atoms with Gasteiger partial charge in [-0.3, -0.25) is 9.36 Å². The maximum atomic E-state index is 5.11. The number of nitrogens with zero attached hydrogens (tertiary/aromatic N) is 6. The second-order valence-electron chi connectivity index (χ2n) is 7.38. The summed E-state index contributed by atoms with van der Waals surface area (Å²) in [5.74, 6) is 1.25. The van der Waals surface area contributed by atoms with E-state index in [2.05, 4.69) is 33.8 Å². The molecular weight excluding hydrogens is 398 g/mol. The van der Waals surface area contributed by atoms with Gasteiger partial charge >= 0.3 is 0 Å². The highest BCUT2D eigenvalue weighted by Crippen LogP contribution is 2.42. The highest BCUT2D eigenvalue weighted by molar-refractivity contribution is 7.13. The Balaban J connectivity index is 1.52. The summed E-state index contributed by atoms with van der Waals surface area (Å²) in [6.45, 7) is 3.46. The number of aromatic nitrogens is 6. The van der Waals surface area contributed by atoms with Crippen molar-refractivity contribution >= 4 is 23.1 Å². The summed E-state index contributed by atoms with van der Waals surface area (Å²) in [5, 5.41) is 14.7. The molecule has 154 valence electrons. The van der Waals surface area contributed by atoms with Crippen molar-refractivity contribution < 1.29 is 4.74 Å². The Bertz CT molecular complexity index is 1210. The van der Waals surface area contributed by atoms with Crippen molar-refractivity contribution in [2.75, 3.05) is 19.0 Å². The van der Waals surface area contributed by atoms with Crippen molar-refractivity contribution in [2.24, 2.45) is 7.05 Å². The first-order chi connectivity index (χ1) is 14.6. The molecule has 1 aliphatic rings. The van der Waals surface area contributed by atoms with Crippen molar-refractivity contribution in [1.82, 2.24) is 29.5 Å². The minimum atomic E-state index is 0.538. The molecule has 4 aromatic rings. The standard InChI is InChI=1S/C21H23N7OS/c1-13-7-11-30-20(13)19-17-15(25-27(19)2)5-4-14-12-22-21(24-18(14)17)23-16-6-8-28(26-16)9-10-29-3/h6-8,11-12H,4-5,9-10H2,1-3H3,(H,22,23,24,26). The normalized spacial score (nSPS) is 12.6. The van der Waals surface area contributed by atoms with Crippen LogP contribution in [0.5, 0.6) is 0 Å². The third kappa shape index (κ3) is 3.29. The molecule has 1 N–H and O–H groups in total. The first-order valence-electron chi connectivity index (χ1n) is 9.90. The number of fused-ring (bicyclic) bond motifs is 3. The van der Waals surface area contributed by atoms with Gasteiger partial charge in [-0.2, -0.15) is 10.2 Å². The monoisotopic (exact) mass is 421 g/mol. The van der Waals surface area contributed by atoms with Crippen molar-refractivity contribution in [1.29, 1.82) is 0 Å². The van der Waals surface area contributed by atoms with E-state index in [4.69, 9.17) is 14.8 Å². The van der Waals surface area contributed by atoms with E-state index in [9.17, 15) is 0 Å². The molecular formula is C21H23N7OS. The number of rotatable bonds is 6. The predicted molar refractivity (Wildman–Crippen MR) is 117 cm³/mol. The number of nitrogens with one attached hydrogen (secondary N) is 1. The van der Waals surface area contributed by atoms with Gasteiger partial charge in [0.15, 0.2) is 5.82 Å². The Kier molecular flexibility index (Phi) is 4.84. The van der Waals surface area contributed by atoms with Gasteiger partial charge in [-0.15, -0.1) is 11.3 Å². The molecule has 9 heteroatoms. The quantitative estimate of drug-likeness (QED) is 0.512. The van der Waals surface area contributed by atoms with Crippen LogP contribution in [0.4, 0.5) is 11.8 Å². The third-order valence-electron chi connectivity index (χ3n) is 5.33. The van der Waals surface area contributed by atoms with Crippen LogP contribution in [0.1, 0.15) is 16.8 Å². The van der Waals surface area contributed by atoms with E-state index >= 15 is 0 Å². The lowest BCUT2D eigenvalue weighted by Crippen LogP contribution is -2.09. The first-order valence-corrected chi connectivity index (χ1v) is 10.8. The molecule has 0 fully saturated rings. The lowest BCUT2D eigenvalue weighted by Gasteiger charge is -2.16. The topological polar surface area (TPSA) is 82.7 Å². The zero-order chi connectivity index (χ0) is 20.7. The van der Waals surface area contributed by atoms with Gasteiger partial charge in [-0.05, 0) is 42.3 Å². The Hall–Kier alpha value is -3.04. The number of aryl methyl sites for hydroxylation is 4. The van der Waals surface area contributed by atoms with Crippen LogP contribution < -0.4 is 5.32 Å². The number of methoxy groups -OCH3 is 1. The SMILES string of the molecule is COCCn1ccc(Nc2ncc3c(n2)-c2c(nn(C)c2-c2sccc2C)CC3)n1. The minimum Gasteiger partial charge on any atom is -0.383 e. The van der Waals surface area contributed by atoms with E-state index in [1.54, 1.807) is 18.4 Å². The fourth-order valence-electron chi connectivity index (χ4n) is 3.85. The molecule has 0 saturated carbocycles. The van der Waals surface area contributed by atoms with E-state index in [-0.39, 0.29) is 0 Å². The van der Waals surface area contributed by atoms with Crippen LogP contribution in [-0.4, -0.2) is 43.2 Å². The van der Waals surface area contributed by atoms with E-state index in [1.165, 1.54) is 10.4 Å². The van der Waals surface area contributed by atoms with Crippen LogP contribution in [0.3, 0.4) is 0 Å². The van der Waals surface area contributed by atoms with Crippen LogP contribution in [0, 0.1) is 6.92 Å². The zero-order valence-electron chi connectivity index (χ0n) is 17.2. The summed E-state index contributed by atoms with van der Waals surface area (Å²) in [6.07, 6.45) is 5.64. The number of hydrogen-bond donors (Lipinski definition) is 1. The number of anilines is 2. The Labute approximate surface area is 178 Å². The van der Waals surface area contributed by atoms with Crippen molar-refractivity contribution in [3.63, 3.8) is 0 Å². The molecule has 1 aliphatic carbocycles. The summed E-state index contributed by atoms with van der Waals surface area (Å²) in [7, 11) is 3.70. The molecule has 30 heavy (non-hydrogen) atoms. The minimum absolute atomic E-state index is 0.538. The highest BCUT2D eigenvalue weighted by atomic mass is 32.1. The van der Waals surface area contributed by atoms with Gasteiger partial charge in [0.2, 0.25) is 5.95 Å². The van der Waals surface area contributed by atoms with Crippen LogP contribution >= 0.6 is 11.3 Å². The molecule has 5 rings (SSSR count). The van der Waals surface area contributed by atoms with Gasteiger partial charge in [0.1, 0.15) is 0 Å². The number of thiophene rings is 1. The molecule has 0 atom stereocenters. The molecule has 0 radical (unpaired) electrons. The predicted octanol–water partition coefficient (Wildman–Crippen LogP) is 3.60. The van der Waals surface area contributed by atoms with Gasteiger partial charge in [0, 0.05) is 32.6 Å². The maximum absolute atomic E-state index is 5.11. The van der Waals surface area contributed by atoms with E-state index in [0.717, 1.165) is 41.1 Å². The summed E-state index contributed by atoms with van der Waals surface area (Å²) in [5.41, 5.74) is 6.73. The van der Waals surface area contributed by atoms with E-state index in [0.29, 0.717) is 24.9 Å². The summed E-state index contributed by atoms with van der Waals surface area (Å²) >= 11 is 1.74. The molecule has 4 heterocycles. The fraction of sp³-hybridized carbons (Fsp3) is 0.333. The zero-order valence-corrected chi connectivity index (χ0v) is 18.0. The third-order valence-corrected chi connectivity index (χ3v) is 6.36.